The molecule has 0 radical (unpaired) electrons. The Kier molecular flexibility index (Phi) is 4.32. The fourth-order valence-corrected chi connectivity index (χ4v) is 2.12. The summed E-state index contributed by atoms with van der Waals surface area (Å²) in [6.45, 7) is 4.02. The summed E-state index contributed by atoms with van der Waals surface area (Å²) in [6, 6.07) is 5.44. The van der Waals surface area contributed by atoms with Crippen LogP contribution in [0.4, 0.5) is 0 Å². The Bertz CT molecular complexity index is 619. The van der Waals surface area contributed by atoms with Crippen LogP contribution >= 0.6 is 0 Å². The van der Waals surface area contributed by atoms with Crippen LogP contribution in [0, 0.1) is 0 Å². The average molecular weight is 260 g/mol. The Morgan fingerprint density at radius 3 is 2.84 bits per heavy atom. The number of aromatic amines is 1. The first kappa shape index (κ1) is 13.7. The highest BCUT2D eigenvalue weighted by molar-refractivity contribution is 5.78. The number of hydrogen-bond donors (Lipinski definition) is 2. The minimum Gasteiger partial charge on any atom is -0.388 e. The van der Waals surface area contributed by atoms with Crippen molar-refractivity contribution in [2.45, 2.75) is 45.6 Å². The Morgan fingerprint density at radius 1 is 1.37 bits per heavy atom. The smallest absolute Gasteiger partial charge is 0.280 e. The van der Waals surface area contributed by atoms with Crippen molar-refractivity contribution < 1.29 is 5.11 Å². The summed E-state index contributed by atoms with van der Waals surface area (Å²) < 4.78 is 0. The molecule has 4 nitrogen and oxygen atoms in total. The topological polar surface area (TPSA) is 66.0 Å². The van der Waals surface area contributed by atoms with Crippen molar-refractivity contribution in [2.75, 3.05) is 0 Å². The van der Waals surface area contributed by atoms with Crippen molar-refractivity contribution in [3.63, 3.8) is 0 Å². The second-order valence-corrected chi connectivity index (χ2v) is 4.82. The van der Waals surface area contributed by atoms with Gasteiger partial charge in [0.2, 0.25) is 0 Å². The van der Waals surface area contributed by atoms with Crippen LogP contribution in [0.2, 0.25) is 0 Å². The standard InChI is InChI=1S/C15H20N2O2/c1-3-5-6-14-16-12-8-7-10(13(18)4-2)9-11(12)15(19)17-14/h7-9,13,18H,3-6H2,1-2H3,(H,16,17,19). The van der Waals surface area contributed by atoms with Crippen molar-refractivity contribution in [3.8, 4) is 0 Å². The third-order valence-corrected chi connectivity index (χ3v) is 3.33. The van der Waals surface area contributed by atoms with Gasteiger partial charge in [-0.15, -0.1) is 0 Å². The fraction of sp³-hybridized carbons (Fsp3) is 0.467. The summed E-state index contributed by atoms with van der Waals surface area (Å²) in [5.41, 5.74) is 1.34. The van der Waals surface area contributed by atoms with Gasteiger partial charge in [-0.25, -0.2) is 0 Å². The van der Waals surface area contributed by atoms with Crippen LogP contribution < -0.4 is 5.56 Å². The molecule has 0 fully saturated rings. The minimum atomic E-state index is -0.524. The summed E-state index contributed by atoms with van der Waals surface area (Å²) in [5.74, 6) is 0.739. The Balaban J connectivity index is 2.45. The van der Waals surface area contributed by atoms with E-state index in [2.05, 4.69) is 16.9 Å². The van der Waals surface area contributed by atoms with Crippen LogP contribution in [0.1, 0.15) is 50.6 Å². The SMILES string of the molecule is CCCCc1nc(=O)c2cc(C(O)CC)ccc2[nH]1. The first-order chi connectivity index (χ1) is 9.15. The minimum absolute atomic E-state index is 0.218. The lowest BCUT2D eigenvalue weighted by Crippen LogP contribution is -2.12. The van der Waals surface area contributed by atoms with Crippen LogP contribution in [0.25, 0.3) is 10.9 Å². The molecular weight excluding hydrogens is 240 g/mol. The summed E-state index contributed by atoms with van der Waals surface area (Å²) >= 11 is 0. The molecule has 0 amide bonds. The van der Waals surface area contributed by atoms with E-state index >= 15 is 0 Å². The summed E-state index contributed by atoms with van der Waals surface area (Å²) in [7, 11) is 0. The zero-order valence-electron chi connectivity index (χ0n) is 11.4. The number of H-pyrrole nitrogens is 1. The maximum atomic E-state index is 12.0. The second kappa shape index (κ2) is 5.97. The molecule has 0 bridgehead atoms. The number of unbranched alkanes of at least 4 members (excludes halogenated alkanes) is 1. The van der Waals surface area contributed by atoms with Gasteiger partial charge >= 0.3 is 0 Å². The molecule has 1 atom stereocenters. The third-order valence-electron chi connectivity index (χ3n) is 3.33. The van der Waals surface area contributed by atoms with E-state index in [1.54, 1.807) is 6.07 Å². The Morgan fingerprint density at radius 2 is 2.16 bits per heavy atom. The van der Waals surface area contributed by atoms with E-state index in [1.165, 1.54) is 0 Å². The molecule has 0 saturated heterocycles. The van der Waals surface area contributed by atoms with Gasteiger partial charge < -0.3 is 10.1 Å². The van der Waals surface area contributed by atoms with E-state index < -0.39 is 6.10 Å². The zero-order chi connectivity index (χ0) is 13.8. The molecule has 2 rings (SSSR count). The van der Waals surface area contributed by atoms with Crippen LogP contribution in [-0.2, 0) is 6.42 Å². The monoisotopic (exact) mass is 260 g/mol. The van der Waals surface area contributed by atoms with Gasteiger partial charge in [-0.2, -0.15) is 4.98 Å². The number of aromatic nitrogens is 2. The molecule has 19 heavy (non-hydrogen) atoms. The molecule has 1 unspecified atom stereocenters. The molecule has 0 aliphatic heterocycles. The molecule has 1 aromatic carbocycles. The van der Waals surface area contributed by atoms with E-state index in [-0.39, 0.29) is 5.56 Å². The molecule has 1 heterocycles. The fourth-order valence-electron chi connectivity index (χ4n) is 2.12. The zero-order valence-corrected chi connectivity index (χ0v) is 11.4. The van der Waals surface area contributed by atoms with Gasteiger partial charge in [0.25, 0.3) is 5.56 Å². The number of nitrogens with one attached hydrogen (secondary N) is 1. The van der Waals surface area contributed by atoms with E-state index in [4.69, 9.17) is 0 Å². The molecule has 2 aromatic rings. The largest absolute Gasteiger partial charge is 0.388 e. The van der Waals surface area contributed by atoms with Gasteiger partial charge in [0.05, 0.1) is 17.0 Å². The number of fused-ring (bicyclic) bond motifs is 1. The Hall–Kier alpha value is -1.68. The van der Waals surface area contributed by atoms with Gasteiger partial charge in [0, 0.05) is 6.42 Å². The maximum absolute atomic E-state index is 12.0. The van der Waals surface area contributed by atoms with Gasteiger partial charge in [-0.3, -0.25) is 4.79 Å². The van der Waals surface area contributed by atoms with Gasteiger partial charge in [-0.1, -0.05) is 26.3 Å². The number of aliphatic hydroxyl groups is 1. The molecular formula is C15H20N2O2. The van der Waals surface area contributed by atoms with Crippen molar-refractivity contribution in [2.24, 2.45) is 0 Å². The molecule has 0 aliphatic carbocycles. The van der Waals surface area contributed by atoms with E-state index in [0.717, 1.165) is 36.2 Å². The number of benzene rings is 1. The molecule has 0 saturated carbocycles. The first-order valence-corrected chi connectivity index (χ1v) is 6.86. The number of hydrogen-bond acceptors (Lipinski definition) is 3. The molecule has 0 spiro atoms. The van der Waals surface area contributed by atoms with Crippen LogP contribution in [0.3, 0.4) is 0 Å². The van der Waals surface area contributed by atoms with Gasteiger partial charge in [0.15, 0.2) is 0 Å². The molecule has 102 valence electrons. The number of aliphatic hydroxyl groups excluding tert-OH is 1. The van der Waals surface area contributed by atoms with E-state index in [0.29, 0.717) is 11.8 Å². The molecule has 2 N–H and O–H groups in total. The predicted molar refractivity (Wildman–Crippen MR) is 76.2 cm³/mol. The van der Waals surface area contributed by atoms with Crippen LogP contribution in [0.15, 0.2) is 23.0 Å². The highest BCUT2D eigenvalue weighted by Gasteiger charge is 2.09. The predicted octanol–water partition coefficient (Wildman–Crippen LogP) is 2.71. The van der Waals surface area contributed by atoms with Crippen molar-refractivity contribution >= 4 is 10.9 Å². The van der Waals surface area contributed by atoms with Gasteiger partial charge in [-0.05, 0) is 30.5 Å². The number of nitrogens with zero attached hydrogens (tertiary/aromatic N) is 1. The molecule has 4 heteroatoms. The van der Waals surface area contributed by atoms with E-state index in [1.807, 2.05) is 19.1 Å². The highest BCUT2D eigenvalue weighted by atomic mass is 16.3. The lowest BCUT2D eigenvalue weighted by atomic mass is 10.1. The highest BCUT2D eigenvalue weighted by Crippen LogP contribution is 2.19. The normalized spacial score (nSPS) is 12.8. The number of rotatable bonds is 5. The lowest BCUT2D eigenvalue weighted by Gasteiger charge is -2.09. The second-order valence-electron chi connectivity index (χ2n) is 4.82. The van der Waals surface area contributed by atoms with Crippen molar-refractivity contribution in [1.29, 1.82) is 0 Å². The van der Waals surface area contributed by atoms with Crippen molar-refractivity contribution in [3.05, 3.63) is 39.9 Å². The molecule has 1 aromatic heterocycles. The average Bonchev–Trinajstić information content (AvgIpc) is 2.44. The summed E-state index contributed by atoms with van der Waals surface area (Å²) in [5, 5.41) is 10.4. The third kappa shape index (κ3) is 3.01. The number of aryl methyl sites for hydroxylation is 1. The van der Waals surface area contributed by atoms with Crippen molar-refractivity contribution in [1.82, 2.24) is 9.97 Å². The quantitative estimate of drug-likeness (QED) is 0.868. The van der Waals surface area contributed by atoms with Gasteiger partial charge in [0.1, 0.15) is 5.82 Å². The van der Waals surface area contributed by atoms with E-state index in [9.17, 15) is 9.90 Å². The van der Waals surface area contributed by atoms with Crippen LogP contribution in [-0.4, -0.2) is 15.1 Å². The Labute approximate surface area is 112 Å². The maximum Gasteiger partial charge on any atom is 0.280 e. The lowest BCUT2D eigenvalue weighted by molar-refractivity contribution is 0.174. The summed E-state index contributed by atoms with van der Waals surface area (Å²) in [4.78, 5) is 19.3. The summed E-state index contributed by atoms with van der Waals surface area (Å²) in [6.07, 6.45) is 2.99. The van der Waals surface area contributed by atoms with Crippen LogP contribution in [0.5, 0.6) is 0 Å². The first-order valence-electron chi connectivity index (χ1n) is 6.86. The molecule has 0 aliphatic rings.